The Hall–Kier alpha value is -0.370. The molecular formula is C14H20BrF. The van der Waals surface area contributed by atoms with Gasteiger partial charge < -0.3 is 0 Å². The van der Waals surface area contributed by atoms with Gasteiger partial charge in [0.15, 0.2) is 0 Å². The molecular weight excluding hydrogens is 267 g/mol. The van der Waals surface area contributed by atoms with Crippen molar-refractivity contribution in [2.24, 2.45) is 0 Å². The molecule has 0 saturated carbocycles. The van der Waals surface area contributed by atoms with E-state index in [1.807, 2.05) is 12.1 Å². The summed E-state index contributed by atoms with van der Waals surface area (Å²) in [5.74, 6) is -0.140. The molecule has 0 heterocycles. The van der Waals surface area contributed by atoms with Crippen LogP contribution in [-0.2, 0) is 6.42 Å². The SMILES string of the molecule is Fc1ccc(CCCCCCCCBr)cc1. The second kappa shape index (κ2) is 8.74. The first-order valence-electron chi connectivity index (χ1n) is 6.13. The highest BCUT2D eigenvalue weighted by atomic mass is 79.9. The van der Waals surface area contributed by atoms with Gasteiger partial charge in [-0.2, -0.15) is 0 Å². The molecule has 0 radical (unpaired) electrons. The summed E-state index contributed by atoms with van der Waals surface area (Å²) in [6, 6.07) is 6.87. The molecule has 0 nitrogen and oxygen atoms in total. The van der Waals surface area contributed by atoms with Crippen LogP contribution in [0.2, 0.25) is 0 Å². The molecule has 16 heavy (non-hydrogen) atoms. The van der Waals surface area contributed by atoms with Crippen LogP contribution < -0.4 is 0 Å². The summed E-state index contributed by atoms with van der Waals surface area (Å²) in [7, 11) is 0. The molecule has 1 aromatic carbocycles. The second-order valence-electron chi connectivity index (χ2n) is 4.19. The Morgan fingerprint density at radius 3 is 2.00 bits per heavy atom. The fraction of sp³-hybridized carbons (Fsp3) is 0.571. The molecule has 0 aromatic heterocycles. The van der Waals surface area contributed by atoms with Gasteiger partial charge in [0.1, 0.15) is 5.82 Å². The third-order valence-corrected chi connectivity index (χ3v) is 3.32. The topological polar surface area (TPSA) is 0 Å². The van der Waals surface area contributed by atoms with E-state index in [2.05, 4.69) is 15.9 Å². The first kappa shape index (κ1) is 13.7. The molecule has 0 bridgehead atoms. The van der Waals surface area contributed by atoms with E-state index < -0.39 is 0 Å². The van der Waals surface area contributed by atoms with E-state index in [1.165, 1.54) is 44.1 Å². The summed E-state index contributed by atoms with van der Waals surface area (Å²) in [6.07, 6.45) is 8.89. The lowest BCUT2D eigenvalue weighted by Gasteiger charge is -2.02. The minimum atomic E-state index is -0.140. The average Bonchev–Trinajstić information content (AvgIpc) is 2.30. The first-order chi connectivity index (χ1) is 7.83. The second-order valence-corrected chi connectivity index (χ2v) is 4.98. The Morgan fingerprint density at radius 1 is 0.812 bits per heavy atom. The van der Waals surface area contributed by atoms with Crippen LogP contribution in [0.3, 0.4) is 0 Å². The summed E-state index contributed by atoms with van der Waals surface area (Å²) >= 11 is 3.44. The smallest absolute Gasteiger partial charge is 0.123 e. The quantitative estimate of drug-likeness (QED) is 0.460. The van der Waals surface area contributed by atoms with Crippen molar-refractivity contribution in [3.8, 4) is 0 Å². The predicted octanol–water partition coefficient (Wildman–Crippen LogP) is 5.10. The molecule has 0 atom stereocenters. The third-order valence-electron chi connectivity index (χ3n) is 2.76. The fourth-order valence-electron chi connectivity index (χ4n) is 1.78. The Bertz CT molecular complexity index is 269. The highest BCUT2D eigenvalue weighted by Gasteiger charge is 1.95. The van der Waals surface area contributed by atoms with Crippen LogP contribution in [0.1, 0.15) is 44.1 Å². The number of halogens is 2. The van der Waals surface area contributed by atoms with Gasteiger partial charge in [0, 0.05) is 5.33 Å². The van der Waals surface area contributed by atoms with E-state index in [0.717, 1.165) is 11.8 Å². The predicted molar refractivity (Wildman–Crippen MR) is 71.6 cm³/mol. The highest BCUT2D eigenvalue weighted by molar-refractivity contribution is 9.09. The Labute approximate surface area is 106 Å². The minimum absolute atomic E-state index is 0.140. The van der Waals surface area contributed by atoms with Gasteiger partial charge in [-0.15, -0.1) is 0 Å². The number of rotatable bonds is 8. The number of alkyl halides is 1. The fourth-order valence-corrected chi connectivity index (χ4v) is 2.18. The highest BCUT2D eigenvalue weighted by Crippen LogP contribution is 2.11. The molecule has 0 aliphatic rings. The van der Waals surface area contributed by atoms with Crippen molar-refractivity contribution in [1.82, 2.24) is 0 Å². The molecule has 90 valence electrons. The van der Waals surface area contributed by atoms with Crippen molar-refractivity contribution >= 4 is 15.9 Å². The van der Waals surface area contributed by atoms with Gasteiger partial charge in [-0.1, -0.05) is 53.7 Å². The van der Waals surface area contributed by atoms with Gasteiger partial charge in [-0.3, -0.25) is 0 Å². The zero-order valence-electron chi connectivity index (χ0n) is 9.72. The van der Waals surface area contributed by atoms with E-state index >= 15 is 0 Å². The van der Waals surface area contributed by atoms with Gasteiger partial charge in [-0.25, -0.2) is 4.39 Å². The maximum atomic E-state index is 12.6. The Morgan fingerprint density at radius 2 is 1.38 bits per heavy atom. The number of unbranched alkanes of at least 4 members (excludes halogenated alkanes) is 5. The summed E-state index contributed by atoms with van der Waals surface area (Å²) in [6.45, 7) is 0. The summed E-state index contributed by atoms with van der Waals surface area (Å²) < 4.78 is 12.6. The summed E-state index contributed by atoms with van der Waals surface area (Å²) in [5, 5.41) is 1.13. The normalized spacial score (nSPS) is 10.6. The van der Waals surface area contributed by atoms with Crippen molar-refractivity contribution < 1.29 is 4.39 Å². The maximum absolute atomic E-state index is 12.6. The molecule has 1 aromatic rings. The summed E-state index contributed by atoms with van der Waals surface area (Å²) in [4.78, 5) is 0. The van der Waals surface area contributed by atoms with Crippen LogP contribution in [-0.4, -0.2) is 5.33 Å². The number of benzene rings is 1. The molecule has 0 aliphatic carbocycles. The van der Waals surface area contributed by atoms with Gasteiger partial charge >= 0.3 is 0 Å². The average molecular weight is 287 g/mol. The van der Waals surface area contributed by atoms with Crippen LogP contribution >= 0.6 is 15.9 Å². The summed E-state index contributed by atoms with van der Waals surface area (Å²) in [5.41, 5.74) is 1.25. The molecule has 2 heteroatoms. The van der Waals surface area contributed by atoms with Crippen molar-refractivity contribution in [2.75, 3.05) is 5.33 Å². The molecule has 0 fully saturated rings. The van der Waals surface area contributed by atoms with E-state index in [-0.39, 0.29) is 5.82 Å². The zero-order valence-corrected chi connectivity index (χ0v) is 11.3. The Kier molecular flexibility index (Phi) is 7.48. The largest absolute Gasteiger partial charge is 0.207 e. The van der Waals surface area contributed by atoms with Crippen LogP contribution in [0.25, 0.3) is 0 Å². The van der Waals surface area contributed by atoms with Crippen molar-refractivity contribution in [2.45, 2.75) is 44.9 Å². The first-order valence-corrected chi connectivity index (χ1v) is 7.25. The molecule has 0 amide bonds. The lowest BCUT2D eigenvalue weighted by atomic mass is 10.1. The van der Waals surface area contributed by atoms with E-state index in [1.54, 1.807) is 12.1 Å². The van der Waals surface area contributed by atoms with Gasteiger partial charge in [-0.05, 0) is 37.0 Å². The van der Waals surface area contributed by atoms with Crippen molar-refractivity contribution in [3.63, 3.8) is 0 Å². The van der Waals surface area contributed by atoms with Gasteiger partial charge in [0.05, 0.1) is 0 Å². The van der Waals surface area contributed by atoms with E-state index in [0.29, 0.717) is 0 Å². The van der Waals surface area contributed by atoms with Crippen LogP contribution in [0.5, 0.6) is 0 Å². The standard InChI is InChI=1S/C14H20BrF/c15-12-6-4-2-1-3-5-7-13-8-10-14(16)11-9-13/h8-11H,1-7,12H2. The van der Waals surface area contributed by atoms with Crippen LogP contribution in [0.4, 0.5) is 4.39 Å². The lowest BCUT2D eigenvalue weighted by molar-refractivity contribution is 0.607. The van der Waals surface area contributed by atoms with Crippen LogP contribution in [0.15, 0.2) is 24.3 Å². The number of aryl methyl sites for hydroxylation is 1. The van der Waals surface area contributed by atoms with E-state index in [9.17, 15) is 4.39 Å². The minimum Gasteiger partial charge on any atom is -0.207 e. The van der Waals surface area contributed by atoms with Gasteiger partial charge in [0.2, 0.25) is 0 Å². The molecule has 1 rings (SSSR count). The molecule has 0 N–H and O–H groups in total. The van der Waals surface area contributed by atoms with Gasteiger partial charge in [0.25, 0.3) is 0 Å². The van der Waals surface area contributed by atoms with E-state index in [4.69, 9.17) is 0 Å². The Balaban J connectivity index is 2.01. The molecule has 0 spiro atoms. The van der Waals surface area contributed by atoms with Crippen molar-refractivity contribution in [1.29, 1.82) is 0 Å². The number of hydrogen-bond acceptors (Lipinski definition) is 0. The molecule has 0 saturated heterocycles. The monoisotopic (exact) mass is 286 g/mol. The molecule has 0 aliphatic heterocycles. The number of hydrogen-bond donors (Lipinski definition) is 0. The maximum Gasteiger partial charge on any atom is 0.123 e. The van der Waals surface area contributed by atoms with Crippen LogP contribution in [0, 0.1) is 5.82 Å². The van der Waals surface area contributed by atoms with Crippen molar-refractivity contribution in [3.05, 3.63) is 35.6 Å². The zero-order chi connectivity index (χ0) is 11.6. The third kappa shape index (κ3) is 6.26. The molecule has 0 unspecified atom stereocenters. The lowest BCUT2D eigenvalue weighted by Crippen LogP contribution is -1.87.